The second-order valence-electron chi connectivity index (χ2n) is 5.69. The number of anilines is 1. The highest BCUT2D eigenvalue weighted by molar-refractivity contribution is 5.99. The Kier molecular flexibility index (Phi) is 4.47. The molecule has 128 valence electrons. The summed E-state index contributed by atoms with van der Waals surface area (Å²) < 4.78 is 18.8. The van der Waals surface area contributed by atoms with E-state index in [-0.39, 0.29) is 12.4 Å². The number of primary amides is 1. The Bertz CT molecular complexity index is 937. The molecule has 1 aromatic heterocycles. The summed E-state index contributed by atoms with van der Waals surface area (Å²) in [5, 5.41) is 6.93. The summed E-state index contributed by atoms with van der Waals surface area (Å²) in [6.45, 7) is 3.70. The molecule has 0 aliphatic carbocycles. The van der Waals surface area contributed by atoms with E-state index in [2.05, 4.69) is 15.5 Å². The summed E-state index contributed by atoms with van der Waals surface area (Å²) in [5.74, 6) is -0.224. The number of nitrogens with two attached hydrogens (primary N) is 1. The number of hydrogen-bond acceptors (Lipinski definition) is 5. The van der Waals surface area contributed by atoms with Crippen molar-refractivity contribution < 1.29 is 13.7 Å². The number of aromatic nitrogens is 2. The third-order valence-electron chi connectivity index (χ3n) is 3.85. The van der Waals surface area contributed by atoms with E-state index in [1.807, 2.05) is 19.1 Å². The molecule has 0 spiro atoms. The lowest BCUT2D eigenvalue weighted by Gasteiger charge is -2.10. The van der Waals surface area contributed by atoms with Crippen LogP contribution in [0.5, 0.6) is 0 Å². The van der Waals surface area contributed by atoms with Crippen molar-refractivity contribution in [3.63, 3.8) is 0 Å². The molecule has 0 aliphatic rings. The van der Waals surface area contributed by atoms with Gasteiger partial charge in [-0.1, -0.05) is 29.4 Å². The molecule has 0 bridgehead atoms. The Morgan fingerprint density at radius 3 is 2.76 bits per heavy atom. The summed E-state index contributed by atoms with van der Waals surface area (Å²) in [4.78, 5) is 15.8. The normalized spacial score (nSPS) is 10.7. The van der Waals surface area contributed by atoms with Crippen molar-refractivity contribution >= 4 is 11.6 Å². The molecule has 0 radical (unpaired) electrons. The summed E-state index contributed by atoms with van der Waals surface area (Å²) in [5.41, 5.74) is 8.29. The second-order valence-corrected chi connectivity index (χ2v) is 5.69. The number of carbonyl (C=O) groups excluding carboxylic acids is 1. The summed E-state index contributed by atoms with van der Waals surface area (Å²) >= 11 is 0. The molecule has 0 aliphatic heterocycles. The van der Waals surface area contributed by atoms with E-state index in [0.29, 0.717) is 34.1 Å². The molecule has 3 aromatic rings. The van der Waals surface area contributed by atoms with Crippen molar-refractivity contribution in [3.8, 4) is 11.4 Å². The minimum absolute atomic E-state index is 0.213. The molecule has 0 unspecified atom stereocenters. The van der Waals surface area contributed by atoms with E-state index in [1.165, 1.54) is 6.07 Å². The van der Waals surface area contributed by atoms with E-state index in [4.69, 9.17) is 10.3 Å². The first-order chi connectivity index (χ1) is 12.0. The van der Waals surface area contributed by atoms with Crippen molar-refractivity contribution in [3.05, 3.63) is 64.8 Å². The van der Waals surface area contributed by atoms with Crippen LogP contribution in [0.1, 0.15) is 27.4 Å². The minimum atomic E-state index is -0.512. The smallest absolute Gasteiger partial charge is 0.251 e. The van der Waals surface area contributed by atoms with Crippen molar-refractivity contribution in [1.29, 1.82) is 0 Å². The van der Waals surface area contributed by atoms with Gasteiger partial charge >= 0.3 is 0 Å². The third kappa shape index (κ3) is 3.50. The van der Waals surface area contributed by atoms with Gasteiger partial charge in [-0.3, -0.25) is 4.79 Å². The molecular formula is C18H17FN4O2. The molecule has 25 heavy (non-hydrogen) atoms. The summed E-state index contributed by atoms with van der Waals surface area (Å²) in [7, 11) is 0. The predicted molar refractivity (Wildman–Crippen MR) is 91.5 cm³/mol. The molecule has 0 saturated carbocycles. The van der Waals surface area contributed by atoms with Crippen LogP contribution in [-0.4, -0.2) is 16.0 Å². The van der Waals surface area contributed by atoms with Gasteiger partial charge in [0.1, 0.15) is 5.82 Å². The van der Waals surface area contributed by atoms with Gasteiger partial charge < -0.3 is 15.6 Å². The maximum Gasteiger partial charge on any atom is 0.251 e. The summed E-state index contributed by atoms with van der Waals surface area (Å²) in [6, 6.07) is 10.1. The summed E-state index contributed by atoms with van der Waals surface area (Å²) in [6.07, 6.45) is 0. The molecular weight excluding hydrogens is 323 g/mol. The van der Waals surface area contributed by atoms with Gasteiger partial charge in [-0.25, -0.2) is 4.39 Å². The number of rotatable bonds is 5. The van der Waals surface area contributed by atoms with Crippen LogP contribution in [0.25, 0.3) is 11.4 Å². The zero-order valence-electron chi connectivity index (χ0n) is 13.8. The zero-order valence-corrected chi connectivity index (χ0v) is 13.8. The van der Waals surface area contributed by atoms with Crippen LogP contribution in [0.15, 0.2) is 40.9 Å². The van der Waals surface area contributed by atoms with Gasteiger partial charge in [0.2, 0.25) is 11.7 Å². The van der Waals surface area contributed by atoms with Crippen LogP contribution in [0, 0.1) is 19.7 Å². The highest BCUT2D eigenvalue weighted by Crippen LogP contribution is 2.21. The monoisotopic (exact) mass is 340 g/mol. The highest BCUT2D eigenvalue weighted by atomic mass is 19.1. The second kappa shape index (κ2) is 6.72. The molecule has 0 fully saturated rings. The van der Waals surface area contributed by atoms with E-state index in [0.717, 1.165) is 5.56 Å². The first-order valence-corrected chi connectivity index (χ1v) is 7.68. The predicted octanol–water partition coefficient (Wildman–Crippen LogP) is 3.20. The lowest BCUT2D eigenvalue weighted by molar-refractivity contribution is 0.100. The average Bonchev–Trinajstić information content (AvgIpc) is 3.04. The Morgan fingerprint density at radius 1 is 1.24 bits per heavy atom. The van der Waals surface area contributed by atoms with Gasteiger partial charge in [0.15, 0.2) is 0 Å². The molecule has 3 rings (SSSR count). The fraction of sp³-hybridized carbons (Fsp3) is 0.167. The van der Waals surface area contributed by atoms with Crippen molar-refractivity contribution in [2.75, 3.05) is 5.32 Å². The molecule has 1 amide bonds. The number of nitrogens with one attached hydrogen (secondary N) is 1. The van der Waals surface area contributed by atoms with Gasteiger partial charge in [-0.15, -0.1) is 0 Å². The van der Waals surface area contributed by atoms with Gasteiger partial charge in [0, 0.05) is 11.3 Å². The maximum absolute atomic E-state index is 13.7. The van der Waals surface area contributed by atoms with Crippen LogP contribution in [0.4, 0.5) is 10.1 Å². The Balaban J connectivity index is 1.78. The van der Waals surface area contributed by atoms with Gasteiger partial charge in [-0.2, -0.15) is 4.98 Å². The van der Waals surface area contributed by atoms with Crippen LogP contribution in [-0.2, 0) is 6.54 Å². The number of benzene rings is 2. The number of hydrogen-bond donors (Lipinski definition) is 2. The fourth-order valence-electron chi connectivity index (χ4n) is 2.49. The van der Waals surface area contributed by atoms with Crippen molar-refractivity contribution in [2.24, 2.45) is 5.73 Å². The fourth-order valence-corrected chi connectivity index (χ4v) is 2.49. The van der Waals surface area contributed by atoms with Crippen LogP contribution >= 0.6 is 0 Å². The minimum Gasteiger partial charge on any atom is -0.375 e. The molecule has 0 saturated heterocycles. The Morgan fingerprint density at radius 2 is 2.04 bits per heavy atom. The maximum atomic E-state index is 13.7. The lowest BCUT2D eigenvalue weighted by atomic mass is 10.1. The average molecular weight is 340 g/mol. The molecule has 1 heterocycles. The SMILES string of the molecule is Cc1ccc(-c2noc(CNc3cccc(C)c3C(N)=O)n2)cc1F. The topological polar surface area (TPSA) is 94.0 Å². The molecule has 7 heteroatoms. The third-order valence-corrected chi connectivity index (χ3v) is 3.85. The molecule has 2 aromatic carbocycles. The number of halogens is 1. The molecule has 6 nitrogen and oxygen atoms in total. The van der Waals surface area contributed by atoms with Crippen LogP contribution in [0.2, 0.25) is 0 Å². The lowest BCUT2D eigenvalue weighted by Crippen LogP contribution is -2.16. The molecule has 3 N–H and O–H groups in total. The first-order valence-electron chi connectivity index (χ1n) is 7.68. The van der Waals surface area contributed by atoms with Crippen LogP contribution < -0.4 is 11.1 Å². The van der Waals surface area contributed by atoms with Crippen molar-refractivity contribution in [2.45, 2.75) is 20.4 Å². The Labute approximate surface area is 143 Å². The van der Waals surface area contributed by atoms with E-state index >= 15 is 0 Å². The number of aryl methyl sites for hydroxylation is 2. The van der Waals surface area contributed by atoms with E-state index in [9.17, 15) is 9.18 Å². The number of nitrogens with zero attached hydrogens (tertiary/aromatic N) is 2. The zero-order chi connectivity index (χ0) is 18.0. The highest BCUT2D eigenvalue weighted by Gasteiger charge is 2.13. The Hall–Kier alpha value is -3.22. The van der Waals surface area contributed by atoms with Gasteiger partial charge in [-0.05, 0) is 37.1 Å². The number of amides is 1. The van der Waals surface area contributed by atoms with Crippen molar-refractivity contribution in [1.82, 2.24) is 10.1 Å². The van der Waals surface area contributed by atoms with Gasteiger partial charge in [0.05, 0.1) is 12.1 Å². The first kappa shape index (κ1) is 16.6. The van der Waals surface area contributed by atoms with E-state index < -0.39 is 5.91 Å². The number of carbonyl (C=O) groups is 1. The van der Waals surface area contributed by atoms with Gasteiger partial charge in [0.25, 0.3) is 5.91 Å². The van der Waals surface area contributed by atoms with E-state index in [1.54, 1.807) is 25.1 Å². The molecule has 0 atom stereocenters. The largest absolute Gasteiger partial charge is 0.375 e. The quantitative estimate of drug-likeness (QED) is 0.744. The van der Waals surface area contributed by atoms with Crippen LogP contribution in [0.3, 0.4) is 0 Å². The standard InChI is InChI=1S/C18H17FN4O2/c1-10-6-7-12(8-13(10)19)18-22-15(25-23-18)9-21-14-5-3-4-11(2)16(14)17(20)24/h3-8,21H,9H2,1-2H3,(H2,20,24).